The van der Waals surface area contributed by atoms with Crippen molar-refractivity contribution in [2.24, 2.45) is 5.92 Å². The number of nitrogens with one attached hydrogen (secondary N) is 3. The first-order valence-corrected chi connectivity index (χ1v) is 16.3. The van der Waals surface area contributed by atoms with Gasteiger partial charge in [-0.3, -0.25) is 9.78 Å². The van der Waals surface area contributed by atoms with Gasteiger partial charge in [0.2, 0.25) is 5.95 Å². The topological polar surface area (TPSA) is 126 Å². The molecule has 0 saturated carbocycles. The number of hydrogen-bond acceptors (Lipinski definition) is 8. The van der Waals surface area contributed by atoms with Crippen LogP contribution in [0.3, 0.4) is 0 Å². The molecule has 12 heteroatoms. The standard InChI is InChI=1S/C32H43FN6O3S.ClH/c1-31(2,3)22-16-18-35-25(19-22)24(14-12-21-9-8-17-34-20-21)36-27-10-7-11-28(38-27)43(41,42)39-30(40)23-13-15-26(32(4,5)6)37-29(23)33;/h7,10-11,13,15-16,18-19,21,24,34H,8-9,12,14,17,20H2,1-6H3,(H,36,38)(H,39,40);1H/t21-,24?;/m1./s1. The predicted octanol–water partition coefficient (Wildman–Crippen LogP) is 6.08. The Morgan fingerprint density at radius 3 is 2.45 bits per heavy atom. The van der Waals surface area contributed by atoms with Gasteiger partial charge in [-0.2, -0.15) is 12.8 Å². The van der Waals surface area contributed by atoms with Gasteiger partial charge in [0.1, 0.15) is 5.82 Å². The Balaban J connectivity index is 0.00000529. The molecule has 1 aliphatic heterocycles. The Hall–Kier alpha value is -3.15. The van der Waals surface area contributed by atoms with Crippen LogP contribution in [0.2, 0.25) is 0 Å². The van der Waals surface area contributed by atoms with Gasteiger partial charge in [-0.25, -0.2) is 14.7 Å². The molecule has 0 bridgehead atoms. The number of anilines is 1. The van der Waals surface area contributed by atoms with E-state index >= 15 is 0 Å². The molecule has 1 unspecified atom stereocenters. The molecule has 4 heterocycles. The maximum atomic E-state index is 14.7. The van der Waals surface area contributed by atoms with Crippen molar-refractivity contribution in [2.75, 3.05) is 18.4 Å². The third-order valence-corrected chi connectivity index (χ3v) is 8.91. The number of halogens is 2. The van der Waals surface area contributed by atoms with Crippen LogP contribution in [0.15, 0.2) is 53.7 Å². The van der Waals surface area contributed by atoms with Crippen LogP contribution in [0.5, 0.6) is 0 Å². The van der Waals surface area contributed by atoms with Crippen molar-refractivity contribution in [3.05, 3.63) is 77.1 Å². The van der Waals surface area contributed by atoms with Crippen LogP contribution in [0.4, 0.5) is 10.2 Å². The predicted molar refractivity (Wildman–Crippen MR) is 173 cm³/mol. The molecule has 44 heavy (non-hydrogen) atoms. The minimum absolute atomic E-state index is 0. The van der Waals surface area contributed by atoms with Crippen LogP contribution in [0, 0.1) is 11.9 Å². The number of carbonyl (C=O) groups is 1. The quantitative estimate of drug-likeness (QED) is 0.239. The molecule has 2 atom stereocenters. The first-order valence-electron chi connectivity index (χ1n) is 14.8. The fourth-order valence-electron chi connectivity index (χ4n) is 5.05. The van der Waals surface area contributed by atoms with Gasteiger partial charge in [-0.05, 0) is 92.1 Å². The number of hydrogen-bond donors (Lipinski definition) is 3. The van der Waals surface area contributed by atoms with E-state index in [9.17, 15) is 17.6 Å². The van der Waals surface area contributed by atoms with Crippen LogP contribution >= 0.6 is 12.4 Å². The van der Waals surface area contributed by atoms with E-state index in [2.05, 4.69) is 52.4 Å². The maximum Gasteiger partial charge on any atom is 0.281 e. The normalized spacial score (nSPS) is 16.5. The summed E-state index contributed by atoms with van der Waals surface area (Å²) in [6, 6.07) is 11.2. The van der Waals surface area contributed by atoms with Crippen molar-refractivity contribution in [3.8, 4) is 0 Å². The van der Waals surface area contributed by atoms with Gasteiger partial charge in [0.25, 0.3) is 15.9 Å². The summed E-state index contributed by atoms with van der Waals surface area (Å²) in [6.45, 7) is 14.0. The van der Waals surface area contributed by atoms with Gasteiger partial charge < -0.3 is 10.6 Å². The highest BCUT2D eigenvalue weighted by molar-refractivity contribution is 7.90. The van der Waals surface area contributed by atoms with Gasteiger partial charge in [0.05, 0.1) is 17.3 Å². The number of aromatic nitrogens is 3. The fourth-order valence-corrected chi connectivity index (χ4v) is 5.98. The zero-order valence-corrected chi connectivity index (χ0v) is 27.9. The van der Waals surface area contributed by atoms with E-state index in [0.717, 1.165) is 50.0 Å². The molecule has 0 radical (unpaired) electrons. The van der Waals surface area contributed by atoms with Crippen molar-refractivity contribution >= 4 is 34.2 Å². The Kier molecular flexibility index (Phi) is 11.5. The second-order valence-electron chi connectivity index (χ2n) is 13.3. The highest BCUT2D eigenvalue weighted by Crippen LogP contribution is 2.30. The minimum Gasteiger partial charge on any atom is -0.362 e. The lowest BCUT2D eigenvalue weighted by atomic mass is 9.86. The summed E-state index contributed by atoms with van der Waals surface area (Å²) in [5.41, 5.74) is 1.47. The molecule has 9 nitrogen and oxygen atoms in total. The number of carbonyl (C=O) groups excluding carboxylic acids is 1. The third kappa shape index (κ3) is 9.18. The van der Waals surface area contributed by atoms with Gasteiger partial charge in [-0.15, -0.1) is 12.4 Å². The molecule has 0 spiro atoms. The average molecular weight is 647 g/mol. The molecule has 0 aromatic carbocycles. The van der Waals surface area contributed by atoms with E-state index in [1.807, 2.05) is 31.6 Å². The molecule has 240 valence electrons. The second kappa shape index (κ2) is 14.3. The number of sulfonamides is 1. The van der Waals surface area contributed by atoms with Crippen LogP contribution in [-0.4, -0.2) is 42.4 Å². The molecule has 3 aromatic heterocycles. The zero-order valence-electron chi connectivity index (χ0n) is 26.3. The molecule has 1 fully saturated rings. The van der Waals surface area contributed by atoms with Crippen LogP contribution in [-0.2, 0) is 20.9 Å². The average Bonchev–Trinajstić information content (AvgIpc) is 2.94. The Bertz CT molecular complexity index is 1550. The number of nitrogens with zero attached hydrogens (tertiary/aromatic N) is 3. The zero-order chi connectivity index (χ0) is 31.4. The SMILES string of the molecule is CC(C)(C)c1ccnc(C(CC[C@H]2CCCNC2)Nc2cccc(S(=O)(=O)NC(=O)c3ccc(C(C)(C)C)nc3F)n2)c1.Cl. The van der Waals surface area contributed by atoms with Gasteiger partial charge in [0.15, 0.2) is 5.03 Å². The highest BCUT2D eigenvalue weighted by Gasteiger charge is 2.26. The molecule has 1 aliphatic rings. The molecular weight excluding hydrogens is 603 g/mol. The lowest BCUT2D eigenvalue weighted by molar-refractivity contribution is 0.0976. The number of amides is 1. The van der Waals surface area contributed by atoms with Gasteiger partial charge >= 0.3 is 0 Å². The van der Waals surface area contributed by atoms with E-state index in [4.69, 9.17) is 0 Å². The van der Waals surface area contributed by atoms with Crippen molar-refractivity contribution < 1.29 is 17.6 Å². The van der Waals surface area contributed by atoms with E-state index in [-0.39, 0.29) is 28.9 Å². The summed E-state index contributed by atoms with van der Waals surface area (Å²) in [7, 11) is -4.41. The van der Waals surface area contributed by atoms with E-state index in [1.54, 1.807) is 18.3 Å². The van der Waals surface area contributed by atoms with Crippen LogP contribution < -0.4 is 15.4 Å². The van der Waals surface area contributed by atoms with Gasteiger partial charge in [0, 0.05) is 17.3 Å². The first kappa shape index (κ1) is 35.3. The largest absolute Gasteiger partial charge is 0.362 e. The summed E-state index contributed by atoms with van der Waals surface area (Å²) >= 11 is 0. The smallest absolute Gasteiger partial charge is 0.281 e. The maximum absolute atomic E-state index is 14.7. The Labute approximate surface area is 266 Å². The highest BCUT2D eigenvalue weighted by atomic mass is 35.5. The van der Waals surface area contributed by atoms with E-state index in [1.165, 1.54) is 18.2 Å². The van der Waals surface area contributed by atoms with Crippen LogP contribution in [0.1, 0.15) is 101 Å². The fraction of sp³-hybridized carbons (Fsp3) is 0.500. The molecule has 1 amide bonds. The number of rotatable bonds is 9. The summed E-state index contributed by atoms with van der Waals surface area (Å²) in [6.07, 6.45) is 5.86. The van der Waals surface area contributed by atoms with Crippen molar-refractivity contribution in [1.82, 2.24) is 25.0 Å². The van der Waals surface area contributed by atoms with Crippen molar-refractivity contribution in [3.63, 3.8) is 0 Å². The van der Waals surface area contributed by atoms with Crippen molar-refractivity contribution in [1.29, 1.82) is 0 Å². The summed E-state index contributed by atoms with van der Waals surface area (Å²) in [4.78, 5) is 25.6. The molecule has 0 aliphatic carbocycles. The van der Waals surface area contributed by atoms with Gasteiger partial charge in [-0.1, -0.05) is 47.6 Å². The van der Waals surface area contributed by atoms with Crippen molar-refractivity contribution in [2.45, 2.75) is 89.1 Å². The Morgan fingerprint density at radius 2 is 1.82 bits per heavy atom. The van der Waals surface area contributed by atoms with E-state index < -0.39 is 32.9 Å². The van der Waals surface area contributed by atoms with Crippen LogP contribution in [0.25, 0.3) is 0 Å². The molecule has 4 rings (SSSR count). The lowest BCUT2D eigenvalue weighted by Crippen LogP contribution is -2.32. The van der Waals surface area contributed by atoms with E-state index in [0.29, 0.717) is 17.4 Å². The molecular formula is C32H44ClFN6O3S. The summed E-state index contributed by atoms with van der Waals surface area (Å²) in [5.74, 6) is -1.28. The number of pyridine rings is 3. The first-order chi connectivity index (χ1) is 20.1. The molecule has 1 saturated heterocycles. The summed E-state index contributed by atoms with van der Waals surface area (Å²) < 4.78 is 42.9. The number of piperidine rings is 1. The molecule has 3 N–H and O–H groups in total. The third-order valence-electron chi connectivity index (χ3n) is 7.68. The second-order valence-corrected chi connectivity index (χ2v) is 14.9. The Morgan fingerprint density at radius 1 is 1.07 bits per heavy atom. The molecule has 3 aromatic rings. The minimum atomic E-state index is -4.41. The monoisotopic (exact) mass is 646 g/mol. The lowest BCUT2D eigenvalue weighted by Gasteiger charge is -2.27. The summed E-state index contributed by atoms with van der Waals surface area (Å²) in [5, 5.41) is 6.50.